The predicted octanol–water partition coefficient (Wildman–Crippen LogP) is 3.21. The van der Waals surface area contributed by atoms with Crippen molar-refractivity contribution in [1.29, 1.82) is 0 Å². The summed E-state index contributed by atoms with van der Waals surface area (Å²) in [6, 6.07) is 6.30. The van der Waals surface area contributed by atoms with Gasteiger partial charge in [-0.2, -0.15) is 0 Å². The Labute approximate surface area is 144 Å². The molecule has 0 aliphatic rings. The molecule has 5 heteroatoms. The topological polar surface area (TPSA) is 58.2 Å². The van der Waals surface area contributed by atoms with Crippen molar-refractivity contribution in [2.75, 3.05) is 6.54 Å². The number of benzene rings is 1. The first kappa shape index (κ1) is 20.1. The van der Waals surface area contributed by atoms with Gasteiger partial charge in [-0.1, -0.05) is 45.4 Å². The number of carbonyl (C=O) groups is 2. The van der Waals surface area contributed by atoms with Crippen molar-refractivity contribution in [3.05, 3.63) is 35.6 Å². The zero-order chi connectivity index (χ0) is 18.2. The Hall–Kier alpha value is -1.91. The van der Waals surface area contributed by atoms with Gasteiger partial charge in [-0.15, -0.1) is 0 Å². The van der Waals surface area contributed by atoms with E-state index in [0.29, 0.717) is 24.9 Å². The minimum absolute atomic E-state index is 0.00527. The summed E-state index contributed by atoms with van der Waals surface area (Å²) in [6.45, 7) is 8.41. The Kier molecular flexibility index (Phi) is 7.89. The van der Waals surface area contributed by atoms with Gasteiger partial charge in [-0.05, 0) is 30.4 Å². The molecule has 0 saturated carbocycles. The van der Waals surface area contributed by atoms with Gasteiger partial charge in [0.1, 0.15) is 5.82 Å². The highest BCUT2D eigenvalue weighted by atomic mass is 19.1. The molecule has 0 spiro atoms. The average Bonchev–Trinajstić information content (AvgIpc) is 2.52. The Bertz CT molecular complexity index is 558. The molecule has 2 N–H and O–H groups in total. The largest absolute Gasteiger partial charge is 0.354 e. The summed E-state index contributed by atoms with van der Waals surface area (Å²) < 4.78 is 13.5. The molecule has 1 unspecified atom stereocenters. The average molecular weight is 336 g/mol. The summed E-state index contributed by atoms with van der Waals surface area (Å²) >= 11 is 0. The molecular formula is C19H29FN2O2. The highest BCUT2D eigenvalue weighted by molar-refractivity contribution is 5.77. The third-order valence-electron chi connectivity index (χ3n) is 4.19. The van der Waals surface area contributed by atoms with Crippen molar-refractivity contribution >= 4 is 11.8 Å². The van der Waals surface area contributed by atoms with Gasteiger partial charge in [-0.3, -0.25) is 9.59 Å². The summed E-state index contributed by atoms with van der Waals surface area (Å²) in [4.78, 5) is 23.8. The second kappa shape index (κ2) is 9.40. The van der Waals surface area contributed by atoms with E-state index in [1.807, 2.05) is 6.92 Å². The van der Waals surface area contributed by atoms with Crippen molar-refractivity contribution in [1.82, 2.24) is 10.6 Å². The van der Waals surface area contributed by atoms with Crippen LogP contribution in [0.3, 0.4) is 0 Å². The molecule has 0 fully saturated rings. The minimum Gasteiger partial charge on any atom is -0.354 e. The number of hydrogen-bond acceptors (Lipinski definition) is 2. The fourth-order valence-corrected chi connectivity index (χ4v) is 2.24. The highest BCUT2D eigenvalue weighted by Crippen LogP contribution is 2.23. The lowest BCUT2D eigenvalue weighted by molar-refractivity contribution is -0.124. The first-order valence-corrected chi connectivity index (χ1v) is 8.53. The quantitative estimate of drug-likeness (QED) is 0.727. The molecule has 1 rings (SSSR count). The standard InChI is InChI=1S/C19H29FN2O2/c1-5-19(3,4)12-18(24)21-13-14(2)22-17(23)11-10-15-8-6-7-9-16(15)20/h6-9,14H,5,10-13H2,1-4H3,(H,21,24)(H,22,23). The van der Waals surface area contributed by atoms with E-state index < -0.39 is 0 Å². The molecule has 4 nitrogen and oxygen atoms in total. The molecule has 1 aromatic rings. The molecule has 0 radical (unpaired) electrons. The summed E-state index contributed by atoms with van der Waals surface area (Å²) in [5.41, 5.74) is 0.520. The van der Waals surface area contributed by atoms with Crippen molar-refractivity contribution in [2.45, 2.75) is 59.4 Å². The Morgan fingerprint density at radius 2 is 1.88 bits per heavy atom. The van der Waals surface area contributed by atoms with E-state index in [0.717, 1.165) is 6.42 Å². The second-order valence-electron chi connectivity index (χ2n) is 7.06. The van der Waals surface area contributed by atoms with Crippen LogP contribution in [0.2, 0.25) is 0 Å². The molecule has 1 aromatic carbocycles. The summed E-state index contributed by atoms with van der Waals surface area (Å²) in [6.07, 6.45) is 1.99. The van der Waals surface area contributed by atoms with Gasteiger partial charge in [-0.25, -0.2) is 4.39 Å². The number of hydrogen-bond donors (Lipinski definition) is 2. The lowest BCUT2D eigenvalue weighted by atomic mass is 9.86. The normalized spacial score (nSPS) is 12.5. The Balaban J connectivity index is 2.29. The van der Waals surface area contributed by atoms with E-state index in [-0.39, 0.29) is 35.5 Å². The van der Waals surface area contributed by atoms with Crippen molar-refractivity contribution < 1.29 is 14.0 Å². The second-order valence-corrected chi connectivity index (χ2v) is 7.06. The molecule has 24 heavy (non-hydrogen) atoms. The maximum Gasteiger partial charge on any atom is 0.220 e. The molecule has 134 valence electrons. The third kappa shape index (κ3) is 7.57. The van der Waals surface area contributed by atoms with Crippen LogP contribution in [0.15, 0.2) is 24.3 Å². The van der Waals surface area contributed by atoms with Gasteiger partial charge < -0.3 is 10.6 Å². The van der Waals surface area contributed by atoms with Crippen molar-refractivity contribution in [3.63, 3.8) is 0 Å². The number of aryl methyl sites for hydroxylation is 1. The zero-order valence-corrected chi connectivity index (χ0v) is 15.1. The van der Waals surface area contributed by atoms with Crippen LogP contribution >= 0.6 is 0 Å². The smallest absolute Gasteiger partial charge is 0.220 e. The highest BCUT2D eigenvalue weighted by Gasteiger charge is 2.20. The summed E-state index contributed by atoms with van der Waals surface area (Å²) in [7, 11) is 0. The molecule has 0 heterocycles. The maximum atomic E-state index is 13.5. The van der Waals surface area contributed by atoms with E-state index in [1.54, 1.807) is 18.2 Å². The van der Waals surface area contributed by atoms with E-state index in [4.69, 9.17) is 0 Å². The van der Waals surface area contributed by atoms with Crippen LogP contribution in [-0.4, -0.2) is 24.4 Å². The van der Waals surface area contributed by atoms with E-state index in [1.165, 1.54) is 6.07 Å². The summed E-state index contributed by atoms with van der Waals surface area (Å²) in [5, 5.41) is 5.67. The molecule has 0 aliphatic carbocycles. The lowest BCUT2D eigenvalue weighted by Crippen LogP contribution is -2.42. The SMILES string of the molecule is CCC(C)(C)CC(=O)NCC(C)NC(=O)CCc1ccccc1F. The van der Waals surface area contributed by atoms with Crippen LogP contribution in [-0.2, 0) is 16.0 Å². The Morgan fingerprint density at radius 1 is 1.21 bits per heavy atom. The van der Waals surface area contributed by atoms with Crippen LogP contribution in [0.5, 0.6) is 0 Å². The summed E-state index contributed by atoms with van der Waals surface area (Å²) in [5.74, 6) is -0.438. The number of amides is 2. The van der Waals surface area contributed by atoms with Crippen LogP contribution in [0.1, 0.15) is 52.5 Å². The monoisotopic (exact) mass is 336 g/mol. The number of rotatable bonds is 9. The van der Waals surface area contributed by atoms with E-state index in [2.05, 4.69) is 31.4 Å². The Morgan fingerprint density at radius 3 is 2.50 bits per heavy atom. The molecule has 0 saturated heterocycles. The first-order valence-electron chi connectivity index (χ1n) is 8.53. The van der Waals surface area contributed by atoms with Crippen molar-refractivity contribution in [2.24, 2.45) is 5.41 Å². The molecule has 1 atom stereocenters. The van der Waals surface area contributed by atoms with E-state index >= 15 is 0 Å². The molecule has 2 amide bonds. The predicted molar refractivity (Wildman–Crippen MR) is 94.0 cm³/mol. The molecule has 0 aliphatic heterocycles. The van der Waals surface area contributed by atoms with Gasteiger partial charge in [0.2, 0.25) is 11.8 Å². The zero-order valence-electron chi connectivity index (χ0n) is 15.1. The minimum atomic E-state index is -0.288. The van der Waals surface area contributed by atoms with Gasteiger partial charge >= 0.3 is 0 Å². The number of halogens is 1. The molecule has 0 bridgehead atoms. The number of nitrogens with one attached hydrogen (secondary N) is 2. The van der Waals surface area contributed by atoms with Crippen LogP contribution in [0, 0.1) is 11.2 Å². The number of carbonyl (C=O) groups excluding carboxylic acids is 2. The fourth-order valence-electron chi connectivity index (χ4n) is 2.24. The maximum absolute atomic E-state index is 13.5. The van der Waals surface area contributed by atoms with Gasteiger partial charge in [0.25, 0.3) is 0 Å². The van der Waals surface area contributed by atoms with Gasteiger partial charge in [0.15, 0.2) is 0 Å². The van der Waals surface area contributed by atoms with Crippen LogP contribution in [0.4, 0.5) is 4.39 Å². The molecular weight excluding hydrogens is 307 g/mol. The fraction of sp³-hybridized carbons (Fsp3) is 0.579. The first-order chi connectivity index (χ1) is 11.2. The van der Waals surface area contributed by atoms with E-state index in [9.17, 15) is 14.0 Å². The molecule has 0 aromatic heterocycles. The van der Waals surface area contributed by atoms with Gasteiger partial charge in [0, 0.05) is 25.4 Å². The lowest BCUT2D eigenvalue weighted by Gasteiger charge is -2.22. The van der Waals surface area contributed by atoms with Crippen molar-refractivity contribution in [3.8, 4) is 0 Å². The van der Waals surface area contributed by atoms with Crippen LogP contribution < -0.4 is 10.6 Å². The third-order valence-corrected chi connectivity index (χ3v) is 4.19. The van der Waals surface area contributed by atoms with Gasteiger partial charge in [0.05, 0.1) is 0 Å². The van der Waals surface area contributed by atoms with Crippen LogP contribution in [0.25, 0.3) is 0 Å².